The number of ether oxygens (including phenoxy) is 1. The molecule has 0 amide bonds. The van der Waals surface area contributed by atoms with Crippen LogP contribution in [0.5, 0.6) is 0 Å². The summed E-state index contributed by atoms with van der Waals surface area (Å²) >= 11 is 2.03. The minimum atomic E-state index is -0.872. The fraction of sp³-hybridized carbons (Fsp3) is 0.467. The molecule has 1 N–H and O–H groups in total. The number of rotatable bonds is 6. The van der Waals surface area contributed by atoms with E-state index >= 15 is 0 Å². The third-order valence-corrected chi connectivity index (χ3v) is 5.16. The Morgan fingerprint density at radius 1 is 1.43 bits per heavy atom. The molecule has 2 rings (SSSR count). The van der Waals surface area contributed by atoms with Gasteiger partial charge in [-0.15, -0.1) is 11.3 Å². The van der Waals surface area contributed by atoms with Gasteiger partial charge in [0.05, 0.1) is 16.5 Å². The quantitative estimate of drug-likeness (QED) is 0.473. The SMILES string of the molecule is CC(=O)SC(CC(=O)OC(=O)[C@@H]1CCCN1)C(=O)c1cccs1. The van der Waals surface area contributed by atoms with Crippen LogP contribution in [-0.2, 0) is 19.1 Å². The molecular weight excluding hydrogens is 338 g/mol. The molecule has 0 saturated carbocycles. The summed E-state index contributed by atoms with van der Waals surface area (Å²) in [6, 6.07) is 2.89. The van der Waals surface area contributed by atoms with E-state index in [1.807, 2.05) is 0 Å². The van der Waals surface area contributed by atoms with Gasteiger partial charge in [0, 0.05) is 6.92 Å². The van der Waals surface area contributed by atoms with Crippen molar-refractivity contribution >= 4 is 45.9 Å². The van der Waals surface area contributed by atoms with Gasteiger partial charge < -0.3 is 10.1 Å². The van der Waals surface area contributed by atoms with Gasteiger partial charge in [0.2, 0.25) is 0 Å². The highest BCUT2D eigenvalue weighted by Gasteiger charge is 2.30. The van der Waals surface area contributed by atoms with Gasteiger partial charge in [-0.1, -0.05) is 17.8 Å². The lowest BCUT2D eigenvalue weighted by atomic mass is 10.2. The third kappa shape index (κ3) is 5.26. The van der Waals surface area contributed by atoms with E-state index in [0.717, 1.165) is 18.2 Å². The molecule has 2 heterocycles. The summed E-state index contributed by atoms with van der Waals surface area (Å²) in [5, 5.41) is 3.55. The van der Waals surface area contributed by atoms with E-state index in [4.69, 9.17) is 4.74 Å². The zero-order valence-corrected chi connectivity index (χ0v) is 14.2. The molecule has 0 spiro atoms. The second-order valence-corrected chi connectivity index (χ2v) is 7.41. The molecule has 124 valence electrons. The van der Waals surface area contributed by atoms with E-state index in [0.29, 0.717) is 17.8 Å². The van der Waals surface area contributed by atoms with Crippen LogP contribution in [0.15, 0.2) is 17.5 Å². The van der Waals surface area contributed by atoms with E-state index in [2.05, 4.69) is 5.32 Å². The second kappa shape index (κ2) is 8.37. The first kappa shape index (κ1) is 17.8. The number of nitrogens with one attached hydrogen (secondary N) is 1. The van der Waals surface area contributed by atoms with Crippen LogP contribution in [0.3, 0.4) is 0 Å². The molecule has 1 aliphatic rings. The van der Waals surface area contributed by atoms with Crippen molar-refractivity contribution in [3.63, 3.8) is 0 Å². The Labute approximate surface area is 142 Å². The maximum Gasteiger partial charge on any atom is 0.330 e. The number of esters is 2. The van der Waals surface area contributed by atoms with Crippen LogP contribution in [0, 0.1) is 0 Å². The average molecular weight is 355 g/mol. The topological polar surface area (TPSA) is 89.5 Å². The van der Waals surface area contributed by atoms with Crippen molar-refractivity contribution in [1.29, 1.82) is 0 Å². The fourth-order valence-corrected chi connectivity index (χ4v) is 3.88. The number of ketones is 1. The zero-order valence-electron chi connectivity index (χ0n) is 12.6. The van der Waals surface area contributed by atoms with Crippen molar-refractivity contribution < 1.29 is 23.9 Å². The highest BCUT2D eigenvalue weighted by Crippen LogP contribution is 2.23. The first-order valence-corrected chi connectivity index (χ1v) is 8.96. The van der Waals surface area contributed by atoms with E-state index in [-0.39, 0.29) is 17.3 Å². The summed E-state index contributed by atoms with van der Waals surface area (Å²) < 4.78 is 4.80. The highest BCUT2D eigenvalue weighted by molar-refractivity contribution is 8.14. The number of hydrogen-bond acceptors (Lipinski definition) is 8. The molecular formula is C15H17NO5S2. The van der Waals surface area contributed by atoms with Gasteiger partial charge in [-0.25, -0.2) is 4.79 Å². The van der Waals surface area contributed by atoms with Crippen LogP contribution >= 0.6 is 23.1 Å². The average Bonchev–Trinajstić information content (AvgIpc) is 3.18. The monoisotopic (exact) mass is 355 g/mol. The summed E-state index contributed by atoms with van der Waals surface area (Å²) in [5.74, 6) is -1.71. The molecule has 0 radical (unpaired) electrons. The van der Waals surface area contributed by atoms with Crippen LogP contribution in [0.4, 0.5) is 0 Å². The van der Waals surface area contributed by atoms with Gasteiger partial charge >= 0.3 is 11.9 Å². The predicted octanol–water partition coefficient (Wildman–Crippen LogP) is 1.79. The smallest absolute Gasteiger partial charge is 0.330 e. The van der Waals surface area contributed by atoms with Gasteiger partial charge in [0.15, 0.2) is 10.9 Å². The van der Waals surface area contributed by atoms with Crippen molar-refractivity contribution in [3.05, 3.63) is 22.4 Å². The molecule has 0 bridgehead atoms. The summed E-state index contributed by atoms with van der Waals surface area (Å²) in [6.45, 7) is 2.05. The van der Waals surface area contributed by atoms with Crippen molar-refractivity contribution in [3.8, 4) is 0 Å². The predicted molar refractivity (Wildman–Crippen MR) is 87.5 cm³/mol. The normalized spacial score (nSPS) is 18.4. The first-order chi connectivity index (χ1) is 11.0. The summed E-state index contributed by atoms with van der Waals surface area (Å²) in [7, 11) is 0. The third-order valence-electron chi connectivity index (χ3n) is 3.28. The molecule has 1 saturated heterocycles. The lowest BCUT2D eigenvalue weighted by Gasteiger charge is -2.13. The zero-order chi connectivity index (χ0) is 16.8. The number of hydrogen-bond donors (Lipinski definition) is 1. The van der Waals surface area contributed by atoms with Crippen LogP contribution in [-0.4, -0.2) is 40.7 Å². The van der Waals surface area contributed by atoms with E-state index in [1.54, 1.807) is 17.5 Å². The highest BCUT2D eigenvalue weighted by atomic mass is 32.2. The molecule has 6 nitrogen and oxygen atoms in total. The molecule has 1 aromatic heterocycles. The molecule has 1 fully saturated rings. The molecule has 23 heavy (non-hydrogen) atoms. The maximum absolute atomic E-state index is 12.4. The number of carbonyl (C=O) groups excluding carboxylic acids is 4. The van der Waals surface area contributed by atoms with Crippen LogP contribution < -0.4 is 5.32 Å². The summed E-state index contributed by atoms with van der Waals surface area (Å²) in [6.07, 6.45) is 1.18. The Bertz CT molecular complexity index is 593. The summed E-state index contributed by atoms with van der Waals surface area (Å²) in [5.41, 5.74) is 0. The Morgan fingerprint density at radius 3 is 2.78 bits per heavy atom. The molecule has 2 atom stereocenters. The Kier molecular flexibility index (Phi) is 6.49. The van der Waals surface area contributed by atoms with Crippen molar-refractivity contribution in [2.45, 2.75) is 37.5 Å². The van der Waals surface area contributed by atoms with Gasteiger partial charge in [0.25, 0.3) is 0 Å². The largest absolute Gasteiger partial charge is 0.392 e. The first-order valence-electron chi connectivity index (χ1n) is 7.20. The van der Waals surface area contributed by atoms with E-state index < -0.39 is 23.2 Å². The number of thioether (sulfide) groups is 1. The number of carbonyl (C=O) groups is 4. The molecule has 0 aliphatic carbocycles. The lowest BCUT2D eigenvalue weighted by Crippen LogP contribution is -2.34. The molecule has 1 unspecified atom stereocenters. The molecule has 1 aromatic rings. The Balaban J connectivity index is 1.96. The Morgan fingerprint density at radius 2 is 2.22 bits per heavy atom. The van der Waals surface area contributed by atoms with Crippen molar-refractivity contribution in [1.82, 2.24) is 5.32 Å². The number of thiophene rings is 1. The van der Waals surface area contributed by atoms with Crippen LogP contribution in [0.2, 0.25) is 0 Å². The minimum Gasteiger partial charge on any atom is -0.392 e. The molecule has 8 heteroatoms. The minimum absolute atomic E-state index is 0.267. The Hall–Kier alpha value is -1.51. The lowest BCUT2D eigenvalue weighted by molar-refractivity contribution is -0.160. The molecule has 0 aromatic carbocycles. The van der Waals surface area contributed by atoms with Gasteiger partial charge in [-0.05, 0) is 30.8 Å². The maximum atomic E-state index is 12.4. The van der Waals surface area contributed by atoms with Crippen molar-refractivity contribution in [2.24, 2.45) is 0 Å². The second-order valence-electron chi connectivity index (χ2n) is 5.09. The summed E-state index contributed by atoms with van der Waals surface area (Å²) in [4.78, 5) is 47.9. The van der Waals surface area contributed by atoms with Gasteiger partial charge in [-0.2, -0.15) is 0 Å². The van der Waals surface area contributed by atoms with Crippen LogP contribution in [0.1, 0.15) is 35.9 Å². The molecule has 1 aliphatic heterocycles. The van der Waals surface area contributed by atoms with E-state index in [1.165, 1.54) is 18.3 Å². The van der Waals surface area contributed by atoms with Gasteiger partial charge in [0.1, 0.15) is 6.04 Å². The number of Topliss-reactive ketones (excluding diaryl/α,β-unsaturated/α-hetero) is 1. The standard InChI is InChI=1S/C15H17NO5S2/c1-9(17)23-12(14(19)11-5-3-7-22-11)8-13(18)21-15(20)10-4-2-6-16-10/h3,5,7,10,12,16H,2,4,6,8H2,1H3/t10-,12?/m0/s1. The van der Waals surface area contributed by atoms with Crippen LogP contribution in [0.25, 0.3) is 0 Å². The fourth-order valence-electron chi connectivity index (χ4n) is 2.23. The van der Waals surface area contributed by atoms with Gasteiger partial charge in [-0.3, -0.25) is 14.4 Å². The van der Waals surface area contributed by atoms with Crippen molar-refractivity contribution in [2.75, 3.05) is 6.54 Å². The van der Waals surface area contributed by atoms with E-state index in [9.17, 15) is 19.2 Å².